The number of H-pyrrole nitrogens is 1. The molecule has 6 nitrogen and oxygen atoms in total. The van der Waals surface area contributed by atoms with Gasteiger partial charge >= 0.3 is 0 Å². The van der Waals surface area contributed by atoms with E-state index < -0.39 is 0 Å². The quantitative estimate of drug-likeness (QED) is 0.473. The van der Waals surface area contributed by atoms with Crippen molar-refractivity contribution >= 4 is 28.7 Å². The van der Waals surface area contributed by atoms with Crippen molar-refractivity contribution in [1.29, 1.82) is 0 Å². The van der Waals surface area contributed by atoms with Crippen LogP contribution in [0.15, 0.2) is 66.1 Å². The van der Waals surface area contributed by atoms with Gasteiger partial charge in [-0.15, -0.1) is 0 Å². The number of carbonyl (C=O) groups is 1. The Morgan fingerprint density at radius 1 is 1.18 bits per heavy atom. The lowest BCUT2D eigenvalue weighted by molar-refractivity contribution is -0.118. The number of benzene rings is 2. The van der Waals surface area contributed by atoms with Gasteiger partial charge in [0.05, 0.1) is 22.5 Å². The fourth-order valence-corrected chi connectivity index (χ4v) is 3.84. The van der Waals surface area contributed by atoms with E-state index in [9.17, 15) is 4.79 Å². The summed E-state index contributed by atoms with van der Waals surface area (Å²) in [5, 5.41) is 3.76. The van der Waals surface area contributed by atoms with Crippen LogP contribution in [-0.4, -0.2) is 37.7 Å². The number of amides is 1. The van der Waals surface area contributed by atoms with Crippen molar-refractivity contribution in [3.8, 4) is 5.69 Å². The standard InChI is InChI=1S/C21H21N5OS/c1-15-6-2-5-9-18(15)26-13-12-23-21(26)28-14-20(27)22-11-10-19-24-16-7-3-4-8-17(16)25-19/h2-9,12-13H,10-11,14H2,1H3,(H,22,27)(H,24,25). The van der Waals surface area contributed by atoms with Crippen LogP contribution >= 0.6 is 11.8 Å². The summed E-state index contributed by atoms with van der Waals surface area (Å²) >= 11 is 1.43. The molecule has 2 N–H and O–H groups in total. The van der Waals surface area contributed by atoms with E-state index in [0.29, 0.717) is 18.7 Å². The third kappa shape index (κ3) is 4.09. The number of para-hydroxylation sites is 3. The average Bonchev–Trinajstić information content (AvgIpc) is 3.33. The number of imidazole rings is 2. The summed E-state index contributed by atoms with van der Waals surface area (Å²) in [6.45, 7) is 2.61. The van der Waals surface area contributed by atoms with Gasteiger partial charge in [0.1, 0.15) is 5.82 Å². The number of aromatic amines is 1. The molecule has 28 heavy (non-hydrogen) atoms. The molecule has 0 aliphatic rings. The smallest absolute Gasteiger partial charge is 0.230 e. The molecule has 0 radical (unpaired) electrons. The van der Waals surface area contributed by atoms with E-state index in [1.165, 1.54) is 11.8 Å². The molecule has 0 fully saturated rings. The molecule has 1 amide bonds. The van der Waals surface area contributed by atoms with E-state index in [2.05, 4.69) is 39.3 Å². The molecule has 4 aromatic rings. The SMILES string of the molecule is Cc1ccccc1-n1ccnc1SCC(=O)NCCc1nc2ccccc2[nH]1. The van der Waals surface area contributed by atoms with Crippen LogP contribution in [0.4, 0.5) is 0 Å². The summed E-state index contributed by atoms with van der Waals surface area (Å²) in [7, 11) is 0. The number of nitrogens with one attached hydrogen (secondary N) is 2. The molecule has 0 bridgehead atoms. The fourth-order valence-electron chi connectivity index (χ4n) is 3.04. The summed E-state index contributed by atoms with van der Waals surface area (Å²) in [5.74, 6) is 1.19. The lowest BCUT2D eigenvalue weighted by atomic mass is 10.2. The van der Waals surface area contributed by atoms with Crippen molar-refractivity contribution in [2.45, 2.75) is 18.5 Å². The first kappa shape index (κ1) is 18.3. The van der Waals surface area contributed by atoms with Crippen molar-refractivity contribution < 1.29 is 4.79 Å². The zero-order valence-electron chi connectivity index (χ0n) is 15.6. The zero-order chi connectivity index (χ0) is 19.3. The zero-order valence-corrected chi connectivity index (χ0v) is 16.4. The number of aryl methyl sites for hydroxylation is 1. The first-order valence-electron chi connectivity index (χ1n) is 9.13. The van der Waals surface area contributed by atoms with Gasteiger partial charge in [0, 0.05) is 25.4 Å². The average molecular weight is 392 g/mol. The Kier molecular flexibility index (Phi) is 5.43. The van der Waals surface area contributed by atoms with Crippen molar-refractivity contribution in [2.24, 2.45) is 0 Å². The second-order valence-corrected chi connectivity index (χ2v) is 7.40. The van der Waals surface area contributed by atoms with Gasteiger partial charge in [-0.1, -0.05) is 42.1 Å². The second-order valence-electron chi connectivity index (χ2n) is 6.46. The van der Waals surface area contributed by atoms with Gasteiger partial charge in [-0.2, -0.15) is 0 Å². The van der Waals surface area contributed by atoms with Gasteiger partial charge in [0.15, 0.2) is 5.16 Å². The Labute approximate surface area is 167 Å². The Balaban J connectivity index is 1.29. The first-order chi connectivity index (χ1) is 13.7. The highest BCUT2D eigenvalue weighted by atomic mass is 32.2. The molecule has 0 atom stereocenters. The molecule has 0 saturated carbocycles. The summed E-state index contributed by atoms with van der Waals surface area (Å²) < 4.78 is 2.02. The molecule has 0 saturated heterocycles. The van der Waals surface area contributed by atoms with Gasteiger partial charge < -0.3 is 10.3 Å². The molecule has 2 aromatic carbocycles. The maximum absolute atomic E-state index is 12.2. The molecule has 0 aliphatic carbocycles. The predicted octanol–water partition coefficient (Wildman–Crippen LogP) is 3.51. The molecular formula is C21H21N5OS. The van der Waals surface area contributed by atoms with Crippen molar-refractivity contribution in [2.75, 3.05) is 12.3 Å². The number of hydrogen-bond acceptors (Lipinski definition) is 4. The van der Waals surface area contributed by atoms with E-state index >= 15 is 0 Å². The Hall–Kier alpha value is -3.06. The number of carbonyl (C=O) groups excluding carboxylic acids is 1. The molecule has 0 unspecified atom stereocenters. The minimum atomic E-state index is -0.0135. The van der Waals surface area contributed by atoms with Crippen molar-refractivity contribution in [3.63, 3.8) is 0 Å². The third-order valence-electron chi connectivity index (χ3n) is 4.44. The normalized spacial score (nSPS) is 11.0. The van der Waals surface area contributed by atoms with E-state index in [4.69, 9.17) is 0 Å². The van der Waals surface area contributed by atoms with Crippen LogP contribution in [0.5, 0.6) is 0 Å². The third-order valence-corrected chi connectivity index (χ3v) is 5.40. The second kappa shape index (κ2) is 8.31. The van der Waals surface area contributed by atoms with Crippen LogP contribution in [0.3, 0.4) is 0 Å². The maximum atomic E-state index is 12.2. The molecule has 7 heteroatoms. The Morgan fingerprint density at radius 2 is 2.00 bits per heavy atom. The highest BCUT2D eigenvalue weighted by Gasteiger charge is 2.10. The van der Waals surface area contributed by atoms with Crippen molar-refractivity contribution in [3.05, 3.63) is 72.3 Å². The van der Waals surface area contributed by atoms with E-state index in [0.717, 1.165) is 33.3 Å². The number of hydrogen-bond donors (Lipinski definition) is 2. The summed E-state index contributed by atoms with van der Waals surface area (Å²) in [5.41, 5.74) is 4.20. The van der Waals surface area contributed by atoms with Crippen LogP contribution in [0.25, 0.3) is 16.7 Å². The predicted molar refractivity (Wildman–Crippen MR) is 112 cm³/mol. The molecule has 2 heterocycles. The molecule has 2 aromatic heterocycles. The van der Waals surface area contributed by atoms with Gasteiger partial charge in [-0.3, -0.25) is 9.36 Å². The highest BCUT2D eigenvalue weighted by molar-refractivity contribution is 7.99. The summed E-state index contributed by atoms with van der Waals surface area (Å²) in [6.07, 6.45) is 4.35. The number of fused-ring (bicyclic) bond motifs is 1. The number of nitrogens with zero attached hydrogens (tertiary/aromatic N) is 3. The minimum Gasteiger partial charge on any atom is -0.355 e. The maximum Gasteiger partial charge on any atom is 0.230 e. The minimum absolute atomic E-state index is 0.0135. The van der Waals surface area contributed by atoms with Crippen LogP contribution in [-0.2, 0) is 11.2 Å². The highest BCUT2D eigenvalue weighted by Crippen LogP contribution is 2.22. The van der Waals surface area contributed by atoms with Gasteiger partial charge in [0.2, 0.25) is 5.91 Å². The number of rotatable bonds is 7. The fraction of sp³-hybridized carbons (Fsp3) is 0.190. The molecular weight excluding hydrogens is 370 g/mol. The van der Waals surface area contributed by atoms with E-state index in [1.807, 2.05) is 47.2 Å². The molecule has 142 valence electrons. The first-order valence-corrected chi connectivity index (χ1v) is 10.1. The lowest BCUT2D eigenvalue weighted by Gasteiger charge is -2.10. The van der Waals surface area contributed by atoms with Crippen LogP contribution in [0.2, 0.25) is 0 Å². The lowest BCUT2D eigenvalue weighted by Crippen LogP contribution is -2.27. The Morgan fingerprint density at radius 3 is 2.86 bits per heavy atom. The largest absolute Gasteiger partial charge is 0.355 e. The van der Waals surface area contributed by atoms with Crippen LogP contribution in [0, 0.1) is 6.92 Å². The Bertz CT molecular complexity index is 1070. The van der Waals surface area contributed by atoms with E-state index in [-0.39, 0.29) is 5.91 Å². The monoisotopic (exact) mass is 391 g/mol. The van der Waals surface area contributed by atoms with Crippen molar-refractivity contribution in [1.82, 2.24) is 24.8 Å². The molecule has 0 aliphatic heterocycles. The summed E-state index contributed by atoms with van der Waals surface area (Å²) in [4.78, 5) is 24.4. The molecule has 4 rings (SSSR count). The van der Waals surface area contributed by atoms with Gasteiger partial charge in [0.25, 0.3) is 0 Å². The number of thioether (sulfide) groups is 1. The number of aromatic nitrogens is 4. The van der Waals surface area contributed by atoms with E-state index in [1.54, 1.807) is 6.20 Å². The summed E-state index contributed by atoms with van der Waals surface area (Å²) in [6, 6.07) is 16.0. The topological polar surface area (TPSA) is 75.6 Å². The van der Waals surface area contributed by atoms with Gasteiger partial charge in [-0.25, -0.2) is 9.97 Å². The van der Waals surface area contributed by atoms with Crippen LogP contribution < -0.4 is 5.32 Å². The van der Waals surface area contributed by atoms with Crippen LogP contribution in [0.1, 0.15) is 11.4 Å². The van der Waals surface area contributed by atoms with Gasteiger partial charge in [-0.05, 0) is 30.7 Å². The molecule has 0 spiro atoms.